The third-order valence-electron chi connectivity index (χ3n) is 3.54. The molecule has 0 aliphatic carbocycles. The maximum Gasteiger partial charge on any atom is 0.266 e. The van der Waals surface area contributed by atoms with Gasteiger partial charge in [0.2, 0.25) is 0 Å². The Morgan fingerprint density at radius 3 is 2.52 bits per heavy atom. The molecule has 0 aliphatic rings. The predicted molar refractivity (Wildman–Crippen MR) is 113 cm³/mol. The molecule has 4 nitrogen and oxygen atoms in total. The zero-order valence-electron chi connectivity index (χ0n) is 14.4. The molecule has 0 aliphatic heterocycles. The Morgan fingerprint density at radius 2 is 1.88 bits per heavy atom. The van der Waals surface area contributed by atoms with Crippen LogP contribution in [0.25, 0.3) is 16.6 Å². The van der Waals surface area contributed by atoms with Crippen LogP contribution in [-0.4, -0.2) is 23.6 Å². The third kappa shape index (κ3) is 3.81. The monoisotopic (exact) mass is 439 g/mol. The van der Waals surface area contributed by atoms with Crippen molar-refractivity contribution in [3.8, 4) is 5.69 Å². The van der Waals surface area contributed by atoms with Gasteiger partial charge in [0.15, 0.2) is 4.77 Å². The van der Waals surface area contributed by atoms with Gasteiger partial charge in [-0.05, 0) is 42.5 Å². The number of hydrogen-bond donors (Lipinski definition) is 1. The van der Waals surface area contributed by atoms with Gasteiger partial charge in [0, 0.05) is 18.6 Å². The molecule has 1 heterocycles. The van der Waals surface area contributed by atoms with Gasteiger partial charge in [0.1, 0.15) is 0 Å². The summed E-state index contributed by atoms with van der Waals surface area (Å²) in [7, 11) is 3.79. The maximum atomic E-state index is 12.9. The molecule has 132 valence electrons. The summed E-state index contributed by atoms with van der Waals surface area (Å²) >= 11 is 15.3. The lowest BCUT2D eigenvalue weighted by Crippen LogP contribution is -2.21. The molecule has 3 rings (SSSR count). The molecule has 25 heavy (non-hydrogen) atoms. The summed E-state index contributed by atoms with van der Waals surface area (Å²) in [4.78, 5) is 17.9. The van der Waals surface area contributed by atoms with E-state index in [1.54, 1.807) is 12.1 Å². The SMILES string of the molecule is CC.CN(C)c1cccc(-n2c(=S)[nH]c3cc(Br)ccc3c2=O)c1Cl. The number of fused-ring (bicyclic) bond motifs is 1. The van der Waals surface area contributed by atoms with Crippen LogP contribution in [0.1, 0.15) is 13.8 Å². The Labute approximate surface area is 165 Å². The highest BCUT2D eigenvalue weighted by atomic mass is 79.9. The fourth-order valence-corrected chi connectivity index (χ4v) is 3.47. The molecule has 7 heteroatoms. The second kappa shape index (κ2) is 8.17. The molecule has 1 aromatic heterocycles. The molecule has 3 aromatic rings. The van der Waals surface area contributed by atoms with Gasteiger partial charge in [-0.25, -0.2) is 0 Å². The topological polar surface area (TPSA) is 41.0 Å². The summed E-state index contributed by atoms with van der Waals surface area (Å²) in [6.45, 7) is 4.00. The lowest BCUT2D eigenvalue weighted by Gasteiger charge is -2.17. The molecular formula is C18H19BrClN3OS. The van der Waals surface area contributed by atoms with E-state index in [1.165, 1.54) is 4.57 Å². The van der Waals surface area contributed by atoms with Crippen molar-refractivity contribution in [2.24, 2.45) is 0 Å². The molecule has 0 atom stereocenters. The molecule has 0 saturated heterocycles. The number of aromatic amines is 1. The van der Waals surface area contributed by atoms with E-state index in [-0.39, 0.29) is 5.56 Å². The molecule has 0 spiro atoms. The Morgan fingerprint density at radius 1 is 1.20 bits per heavy atom. The molecular weight excluding hydrogens is 422 g/mol. The first kappa shape index (κ1) is 19.7. The molecule has 0 radical (unpaired) electrons. The van der Waals surface area contributed by atoms with E-state index in [2.05, 4.69) is 20.9 Å². The molecule has 2 aromatic carbocycles. The lowest BCUT2D eigenvalue weighted by atomic mass is 10.2. The molecule has 0 saturated carbocycles. The number of anilines is 1. The van der Waals surface area contributed by atoms with E-state index in [0.717, 1.165) is 10.2 Å². The van der Waals surface area contributed by atoms with Crippen LogP contribution in [-0.2, 0) is 0 Å². The van der Waals surface area contributed by atoms with Gasteiger partial charge >= 0.3 is 0 Å². The highest BCUT2D eigenvalue weighted by Gasteiger charge is 2.14. The van der Waals surface area contributed by atoms with Crippen LogP contribution < -0.4 is 10.5 Å². The smallest absolute Gasteiger partial charge is 0.266 e. The standard InChI is InChI=1S/C16H13BrClN3OS.C2H6/c1-20(2)12-4-3-5-13(14(12)18)21-15(22)10-7-6-9(17)8-11(10)19-16(21)23;1-2/h3-8H,1-2H3,(H,19,23);1-2H3. The molecule has 0 bridgehead atoms. The van der Waals surface area contributed by atoms with E-state index in [9.17, 15) is 4.79 Å². The number of aromatic nitrogens is 2. The van der Waals surface area contributed by atoms with Gasteiger partial charge in [0.25, 0.3) is 5.56 Å². The number of nitrogens with one attached hydrogen (secondary N) is 1. The Kier molecular flexibility index (Phi) is 6.43. The van der Waals surface area contributed by atoms with Crippen LogP contribution in [0.5, 0.6) is 0 Å². The van der Waals surface area contributed by atoms with E-state index in [4.69, 9.17) is 23.8 Å². The van der Waals surface area contributed by atoms with Crippen molar-refractivity contribution in [2.45, 2.75) is 13.8 Å². The molecule has 0 amide bonds. The summed E-state index contributed by atoms with van der Waals surface area (Å²) in [5.74, 6) is 0. The van der Waals surface area contributed by atoms with Crippen LogP contribution in [0.3, 0.4) is 0 Å². The Balaban J connectivity index is 0.00000109. The minimum Gasteiger partial charge on any atom is -0.376 e. The number of hydrogen-bond acceptors (Lipinski definition) is 3. The van der Waals surface area contributed by atoms with Crippen molar-refractivity contribution >= 4 is 56.3 Å². The fraction of sp³-hybridized carbons (Fsp3) is 0.222. The van der Waals surface area contributed by atoms with Crippen molar-refractivity contribution in [1.29, 1.82) is 0 Å². The van der Waals surface area contributed by atoms with Crippen LogP contribution in [0.2, 0.25) is 5.02 Å². The first-order chi connectivity index (χ1) is 11.9. The van der Waals surface area contributed by atoms with Gasteiger partial charge in [0.05, 0.1) is 27.3 Å². The average Bonchev–Trinajstić information content (AvgIpc) is 2.57. The first-order valence-electron chi connectivity index (χ1n) is 7.81. The minimum absolute atomic E-state index is 0.200. The van der Waals surface area contributed by atoms with E-state index >= 15 is 0 Å². The zero-order chi connectivity index (χ0) is 18.7. The van der Waals surface area contributed by atoms with E-state index < -0.39 is 0 Å². The number of halogens is 2. The molecule has 1 N–H and O–H groups in total. The second-order valence-electron chi connectivity index (χ2n) is 5.27. The summed E-state index contributed by atoms with van der Waals surface area (Å²) in [6.07, 6.45) is 0. The first-order valence-corrected chi connectivity index (χ1v) is 9.39. The lowest BCUT2D eigenvalue weighted by molar-refractivity contribution is 0.938. The molecule has 0 fully saturated rings. The summed E-state index contributed by atoms with van der Waals surface area (Å²) in [6, 6.07) is 10.9. The average molecular weight is 441 g/mol. The largest absolute Gasteiger partial charge is 0.376 e. The van der Waals surface area contributed by atoms with Gasteiger partial charge < -0.3 is 9.88 Å². The van der Waals surface area contributed by atoms with Gasteiger partial charge in [-0.3, -0.25) is 9.36 Å². The fourth-order valence-electron chi connectivity index (χ4n) is 2.44. The van der Waals surface area contributed by atoms with Gasteiger partial charge in [-0.1, -0.05) is 47.4 Å². The van der Waals surface area contributed by atoms with Gasteiger partial charge in [-0.15, -0.1) is 0 Å². The number of rotatable bonds is 2. The van der Waals surface area contributed by atoms with E-state index in [0.29, 0.717) is 26.4 Å². The van der Waals surface area contributed by atoms with Crippen molar-refractivity contribution in [1.82, 2.24) is 9.55 Å². The Bertz CT molecular complexity index is 1030. The number of H-pyrrole nitrogens is 1. The minimum atomic E-state index is -0.200. The van der Waals surface area contributed by atoms with Crippen molar-refractivity contribution in [3.63, 3.8) is 0 Å². The summed E-state index contributed by atoms with van der Waals surface area (Å²) in [5, 5.41) is 1.03. The van der Waals surface area contributed by atoms with Crippen molar-refractivity contribution in [2.75, 3.05) is 19.0 Å². The van der Waals surface area contributed by atoms with Crippen LogP contribution in [0.15, 0.2) is 45.7 Å². The quantitative estimate of drug-likeness (QED) is 0.531. The normalized spacial score (nSPS) is 10.3. The summed E-state index contributed by atoms with van der Waals surface area (Å²) < 4.78 is 2.61. The maximum absolute atomic E-state index is 12.9. The highest BCUT2D eigenvalue weighted by molar-refractivity contribution is 9.10. The van der Waals surface area contributed by atoms with Crippen LogP contribution in [0.4, 0.5) is 5.69 Å². The third-order valence-corrected chi connectivity index (χ3v) is 4.71. The second-order valence-corrected chi connectivity index (χ2v) is 6.95. The highest BCUT2D eigenvalue weighted by Crippen LogP contribution is 2.30. The van der Waals surface area contributed by atoms with Gasteiger partial charge in [-0.2, -0.15) is 0 Å². The zero-order valence-corrected chi connectivity index (χ0v) is 17.6. The molecule has 0 unspecified atom stereocenters. The summed E-state index contributed by atoms with van der Waals surface area (Å²) in [5.41, 5.74) is 1.87. The van der Waals surface area contributed by atoms with Crippen molar-refractivity contribution in [3.05, 3.63) is 61.0 Å². The predicted octanol–water partition coefficient (Wildman–Crippen LogP) is 5.56. The Hall–Kier alpha value is -1.63. The van der Waals surface area contributed by atoms with Crippen LogP contribution in [0, 0.1) is 4.77 Å². The number of nitrogens with zero attached hydrogens (tertiary/aromatic N) is 2. The van der Waals surface area contributed by atoms with Crippen molar-refractivity contribution < 1.29 is 0 Å². The number of benzene rings is 2. The van der Waals surface area contributed by atoms with Crippen LogP contribution >= 0.6 is 39.7 Å². The van der Waals surface area contributed by atoms with E-state index in [1.807, 2.05) is 57.1 Å².